The van der Waals surface area contributed by atoms with Crippen LogP contribution in [-0.2, 0) is 12.4 Å². The van der Waals surface area contributed by atoms with E-state index in [1.807, 2.05) is 11.5 Å². The van der Waals surface area contributed by atoms with E-state index in [9.17, 15) is 4.39 Å². The molecule has 1 aromatic heterocycles. The Morgan fingerprint density at radius 1 is 1.41 bits per heavy atom. The average Bonchev–Trinajstić information content (AvgIpc) is 2.74. The summed E-state index contributed by atoms with van der Waals surface area (Å²) < 4.78 is 15.9. The number of halogens is 3. The standard InChI is InChI=1S/C11H10BrClFN3/c1-2-17-10(6-13)15-16-11(17)8-5-7(14)3-4-9(8)12/h3-5H,2,6H2,1H3. The van der Waals surface area contributed by atoms with Gasteiger partial charge in [0.1, 0.15) is 11.6 Å². The third kappa shape index (κ3) is 2.35. The van der Waals surface area contributed by atoms with E-state index in [4.69, 9.17) is 11.6 Å². The Labute approximate surface area is 112 Å². The second-order valence-electron chi connectivity index (χ2n) is 3.44. The SMILES string of the molecule is CCn1c(CCl)nnc1-c1cc(F)ccc1Br. The van der Waals surface area contributed by atoms with Crippen molar-refractivity contribution in [1.29, 1.82) is 0 Å². The van der Waals surface area contributed by atoms with Crippen LogP contribution in [0.5, 0.6) is 0 Å². The molecule has 0 N–H and O–H groups in total. The van der Waals surface area contributed by atoms with Crippen molar-refractivity contribution in [2.75, 3.05) is 0 Å². The van der Waals surface area contributed by atoms with E-state index in [-0.39, 0.29) is 11.7 Å². The molecule has 0 bridgehead atoms. The van der Waals surface area contributed by atoms with Crippen molar-refractivity contribution >= 4 is 27.5 Å². The maximum Gasteiger partial charge on any atom is 0.165 e. The van der Waals surface area contributed by atoms with E-state index >= 15 is 0 Å². The van der Waals surface area contributed by atoms with Crippen LogP contribution in [-0.4, -0.2) is 14.8 Å². The summed E-state index contributed by atoms with van der Waals surface area (Å²) >= 11 is 9.15. The molecule has 3 nitrogen and oxygen atoms in total. The maximum absolute atomic E-state index is 13.3. The van der Waals surface area contributed by atoms with Gasteiger partial charge in [0.15, 0.2) is 5.82 Å². The van der Waals surface area contributed by atoms with Crippen molar-refractivity contribution < 1.29 is 4.39 Å². The third-order valence-corrected chi connectivity index (χ3v) is 3.36. The summed E-state index contributed by atoms with van der Waals surface area (Å²) in [5.74, 6) is 1.28. The van der Waals surface area contributed by atoms with Crippen LogP contribution in [0.15, 0.2) is 22.7 Å². The molecule has 0 fully saturated rings. The first kappa shape index (κ1) is 12.5. The molecule has 1 aromatic carbocycles. The molecule has 0 aliphatic carbocycles. The van der Waals surface area contributed by atoms with Crippen molar-refractivity contribution in [3.05, 3.63) is 34.3 Å². The minimum Gasteiger partial charge on any atom is -0.310 e. The molecule has 0 saturated heterocycles. The lowest BCUT2D eigenvalue weighted by Gasteiger charge is -2.07. The molecule has 0 radical (unpaired) electrons. The first-order chi connectivity index (χ1) is 8.17. The van der Waals surface area contributed by atoms with Gasteiger partial charge in [0, 0.05) is 16.6 Å². The van der Waals surface area contributed by atoms with Crippen molar-refractivity contribution in [3.8, 4) is 11.4 Å². The van der Waals surface area contributed by atoms with E-state index in [1.165, 1.54) is 12.1 Å². The Morgan fingerprint density at radius 2 is 2.18 bits per heavy atom. The van der Waals surface area contributed by atoms with Gasteiger partial charge in [-0.15, -0.1) is 21.8 Å². The second kappa shape index (κ2) is 5.14. The highest BCUT2D eigenvalue weighted by Gasteiger charge is 2.14. The summed E-state index contributed by atoms with van der Waals surface area (Å²) in [6.45, 7) is 2.66. The fourth-order valence-electron chi connectivity index (χ4n) is 1.63. The molecule has 0 saturated carbocycles. The predicted molar refractivity (Wildman–Crippen MR) is 68.3 cm³/mol. The van der Waals surface area contributed by atoms with E-state index in [0.717, 1.165) is 4.47 Å². The van der Waals surface area contributed by atoms with Gasteiger partial charge in [-0.2, -0.15) is 0 Å². The van der Waals surface area contributed by atoms with Gasteiger partial charge in [0.25, 0.3) is 0 Å². The van der Waals surface area contributed by atoms with Crippen molar-refractivity contribution in [3.63, 3.8) is 0 Å². The number of benzene rings is 1. The van der Waals surface area contributed by atoms with E-state index in [0.29, 0.717) is 23.8 Å². The number of rotatable bonds is 3. The molecule has 0 spiro atoms. The summed E-state index contributed by atoms with van der Waals surface area (Å²) in [6, 6.07) is 4.47. The summed E-state index contributed by atoms with van der Waals surface area (Å²) in [6.07, 6.45) is 0. The van der Waals surface area contributed by atoms with Crippen LogP contribution in [0.1, 0.15) is 12.7 Å². The molecule has 6 heteroatoms. The molecule has 0 aliphatic rings. The number of aromatic nitrogens is 3. The first-order valence-corrected chi connectivity index (χ1v) is 6.43. The largest absolute Gasteiger partial charge is 0.310 e. The van der Waals surface area contributed by atoms with Gasteiger partial charge in [-0.05, 0) is 25.1 Å². The lowest BCUT2D eigenvalue weighted by atomic mass is 10.2. The van der Waals surface area contributed by atoms with Gasteiger partial charge in [0.05, 0.1) is 5.88 Å². The van der Waals surface area contributed by atoms with Gasteiger partial charge < -0.3 is 4.57 Å². The monoisotopic (exact) mass is 317 g/mol. The molecule has 1 heterocycles. The fraction of sp³-hybridized carbons (Fsp3) is 0.273. The van der Waals surface area contributed by atoms with Crippen LogP contribution in [0.25, 0.3) is 11.4 Å². The zero-order chi connectivity index (χ0) is 12.4. The summed E-state index contributed by atoms with van der Waals surface area (Å²) in [5, 5.41) is 8.05. The lowest BCUT2D eigenvalue weighted by Crippen LogP contribution is -2.02. The maximum atomic E-state index is 13.3. The normalized spacial score (nSPS) is 10.8. The molecular formula is C11H10BrClFN3. The molecule has 17 heavy (non-hydrogen) atoms. The zero-order valence-electron chi connectivity index (χ0n) is 9.12. The van der Waals surface area contributed by atoms with Crippen molar-refractivity contribution in [2.24, 2.45) is 0 Å². The molecule has 0 unspecified atom stereocenters. The van der Waals surface area contributed by atoms with Crippen molar-refractivity contribution in [1.82, 2.24) is 14.8 Å². The summed E-state index contributed by atoms with van der Waals surface area (Å²) in [7, 11) is 0. The topological polar surface area (TPSA) is 30.7 Å². The van der Waals surface area contributed by atoms with Crippen LogP contribution < -0.4 is 0 Å². The van der Waals surface area contributed by atoms with Gasteiger partial charge in [-0.1, -0.05) is 15.9 Å². The van der Waals surface area contributed by atoms with E-state index < -0.39 is 0 Å². The lowest BCUT2D eigenvalue weighted by molar-refractivity contribution is 0.627. The van der Waals surface area contributed by atoms with Gasteiger partial charge in [-0.3, -0.25) is 0 Å². The number of alkyl halides is 1. The Bertz CT molecular complexity index is 542. The van der Waals surface area contributed by atoms with Gasteiger partial charge >= 0.3 is 0 Å². The minimum absolute atomic E-state index is 0.285. The summed E-state index contributed by atoms with van der Waals surface area (Å²) in [5.41, 5.74) is 0.677. The minimum atomic E-state index is -0.304. The molecule has 90 valence electrons. The Morgan fingerprint density at radius 3 is 2.82 bits per heavy atom. The van der Waals surface area contributed by atoms with Crippen LogP contribution in [0, 0.1) is 5.82 Å². The van der Waals surface area contributed by atoms with Gasteiger partial charge in [-0.25, -0.2) is 4.39 Å². The highest BCUT2D eigenvalue weighted by atomic mass is 79.9. The molecule has 0 atom stereocenters. The van der Waals surface area contributed by atoms with Crippen LogP contribution >= 0.6 is 27.5 Å². The Kier molecular flexibility index (Phi) is 3.79. The number of hydrogen-bond acceptors (Lipinski definition) is 2. The zero-order valence-corrected chi connectivity index (χ0v) is 11.5. The highest BCUT2D eigenvalue weighted by molar-refractivity contribution is 9.10. The van der Waals surface area contributed by atoms with Crippen LogP contribution in [0.4, 0.5) is 4.39 Å². The third-order valence-electron chi connectivity index (χ3n) is 2.43. The molecule has 2 aromatic rings. The predicted octanol–water partition coefficient (Wildman–Crippen LogP) is 3.61. The molecular weight excluding hydrogens is 308 g/mol. The van der Waals surface area contributed by atoms with Crippen LogP contribution in [0.3, 0.4) is 0 Å². The molecule has 0 amide bonds. The van der Waals surface area contributed by atoms with Gasteiger partial charge in [0.2, 0.25) is 0 Å². The van der Waals surface area contributed by atoms with E-state index in [1.54, 1.807) is 6.07 Å². The quantitative estimate of drug-likeness (QED) is 0.810. The number of hydrogen-bond donors (Lipinski definition) is 0. The molecule has 2 rings (SSSR count). The van der Waals surface area contributed by atoms with Crippen LogP contribution in [0.2, 0.25) is 0 Å². The smallest absolute Gasteiger partial charge is 0.165 e. The van der Waals surface area contributed by atoms with Crippen molar-refractivity contribution in [2.45, 2.75) is 19.3 Å². The Hall–Kier alpha value is -0.940. The Balaban J connectivity index is 2.59. The second-order valence-corrected chi connectivity index (χ2v) is 4.56. The molecule has 0 aliphatic heterocycles. The highest BCUT2D eigenvalue weighted by Crippen LogP contribution is 2.28. The van der Waals surface area contributed by atoms with E-state index in [2.05, 4.69) is 26.1 Å². The fourth-order valence-corrected chi connectivity index (χ4v) is 2.26. The average molecular weight is 319 g/mol. The summed E-state index contributed by atoms with van der Waals surface area (Å²) in [4.78, 5) is 0. The number of nitrogens with zero attached hydrogens (tertiary/aromatic N) is 3. The first-order valence-electron chi connectivity index (χ1n) is 5.10.